The monoisotopic (exact) mass is 473 g/mol. The summed E-state index contributed by atoms with van der Waals surface area (Å²) < 4.78 is 33.0. The first-order valence-electron chi connectivity index (χ1n) is 11.2. The lowest BCUT2D eigenvalue weighted by Gasteiger charge is -2.34. The number of ether oxygens (including phenoxy) is 1. The summed E-state index contributed by atoms with van der Waals surface area (Å²) in [6.07, 6.45) is 2.34. The molecule has 2 fully saturated rings. The van der Waals surface area contributed by atoms with E-state index in [2.05, 4.69) is 30.7 Å². The fourth-order valence-electron chi connectivity index (χ4n) is 4.92. The zero-order valence-electron chi connectivity index (χ0n) is 19.5. The standard InChI is InChI=1S/C23H31N5O4S/c1-15-12-23(3,4)28(13-15)22-20(21(24)29)17(8-9-25-22)33(30,31)19-7-5-6-18(26-19)27-10-11-32-16(2)14-27/h5-9,15-16H,10-14H2,1-4H3,(H2,24,29). The number of nitrogens with zero attached hydrogens (tertiary/aromatic N) is 4. The van der Waals surface area contributed by atoms with Gasteiger partial charge >= 0.3 is 0 Å². The van der Waals surface area contributed by atoms with Crippen LogP contribution in [0, 0.1) is 5.92 Å². The van der Waals surface area contributed by atoms with Gasteiger partial charge in [-0.25, -0.2) is 18.4 Å². The van der Waals surface area contributed by atoms with Gasteiger partial charge in [0, 0.05) is 31.4 Å². The molecule has 10 heteroatoms. The number of hydrogen-bond acceptors (Lipinski definition) is 8. The van der Waals surface area contributed by atoms with E-state index in [1.807, 2.05) is 16.7 Å². The summed E-state index contributed by atoms with van der Waals surface area (Å²) in [5.74, 6) is 0.397. The quantitative estimate of drug-likeness (QED) is 0.702. The number of hydrogen-bond donors (Lipinski definition) is 1. The van der Waals surface area contributed by atoms with Crippen LogP contribution in [0.25, 0.3) is 0 Å². The van der Waals surface area contributed by atoms with Crippen LogP contribution in [0.15, 0.2) is 40.4 Å². The molecule has 2 saturated heterocycles. The zero-order chi connectivity index (χ0) is 24.0. The lowest BCUT2D eigenvalue weighted by Crippen LogP contribution is -2.41. The predicted molar refractivity (Wildman–Crippen MR) is 125 cm³/mol. The van der Waals surface area contributed by atoms with Gasteiger partial charge in [-0.3, -0.25) is 4.79 Å². The van der Waals surface area contributed by atoms with Crippen molar-refractivity contribution in [2.24, 2.45) is 11.7 Å². The molecule has 4 heterocycles. The fraction of sp³-hybridized carbons (Fsp3) is 0.522. The third-order valence-corrected chi connectivity index (χ3v) is 8.00. The summed E-state index contributed by atoms with van der Waals surface area (Å²) in [6, 6.07) is 6.21. The molecule has 2 aromatic heterocycles. The highest BCUT2D eigenvalue weighted by Gasteiger charge is 2.40. The molecule has 4 rings (SSSR count). The molecule has 0 bridgehead atoms. The van der Waals surface area contributed by atoms with Crippen molar-refractivity contribution in [2.75, 3.05) is 36.0 Å². The summed E-state index contributed by atoms with van der Waals surface area (Å²) in [5, 5.41) is -0.132. The highest BCUT2D eigenvalue weighted by molar-refractivity contribution is 7.91. The summed E-state index contributed by atoms with van der Waals surface area (Å²) in [6.45, 7) is 10.6. The van der Waals surface area contributed by atoms with Crippen LogP contribution in [0.3, 0.4) is 0 Å². The number of pyridine rings is 2. The molecular formula is C23H31N5O4S. The van der Waals surface area contributed by atoms with Gasteiger partial charge in [-0.05, 0) is 51.3 Å². The third kappa shape index (κ3) is 4.41. The molecule has 2 aliphatic heterocycles. The lowest BCUT2D eigenvalue weighted by atomic mass is 9.97. The Balaban J connectivity index is 1.79. The number of morpholine rings is 1. The van der Waals surface area contributed by atoms with Crippen molar-refractivity contribution in [1.82, 2.24) is 9.97 Å². The van der Waals surface area contributed by atoms with Gasteiger partial charge in [0.25, 0.3) is 5.91 Å². The molecule has 0 spiro atoms. The van der Waals surface area contributed by atoms with E-state index < -0.39 is 15.7 Å². The third-order valence-electron chi connectivity index (χ3n) is 6.31. The SMILES string of the molecule is CC1CN(c2nccc(S(=O)(=O)c3cccc(N4CCOC(C)C4)n3)c2C(N)=O)C(C)(C)C1. The maximum atomic E-state index is 13.7. The Morgan fingerprint density at radius 3 is 2.61 bits per heavy atom. The topological polar surface area (TPSA) is 119 Å². The molecule has 2 aromatic rings. The van der Waals surface area contributed by atoms with Crippen LogP contribution in [-0.2, 0) is 14.6 Å². The number of carbonyl (C=O) groups excluding carboxylic acids is 1. The molecular weight excluding hydrogens is 442 g/mol. The number of rotatable bonds is 5. The average molecular weight is 474 g/mol. The number of anilines is 2. The van der Waals surface area contributed by atoms with Gasteiger partial charge in [-0.1, -0.05) is 13.0 Å². The van der Waals surface area contributed by atoms with E-state index in [0.29, 0.717) is 43.8 Å². The summed E-state index contributed by atoms with van der Waals surface area (Å²) in [7, 11) is -4.13. The van der Waals surface area contributed by atoms with Crippen molar-refractivity contribution in [3.05, 3.63) is 36.0 Å². The fourth-order valence-corrected chi connectivity index (χ4v) is 6.32. The number of carbonyl (C=O) groups is 1. The molecule has 2 aliphatic rings. The van der Waals surface area contributed by atoms with Crippen molar-refractivity contribution in [1.29, 1.82) is 0 Å². The predicted octanol–water partition coefficient (Wildman–Crippen LogP) is 2.26. The summed E-state index contributed by atoms with van der Waals surface area (Å²) >= 11 is 0. The van der Waals surface area contributed by atoms with Crippen LogP contribution in [0.5, 0.6) is 0 Å². The van der Waals surface area contributed by atoms with Crippen molar-refractivity contribution < 1.29 is 17.9 Å². The first kappa shape index (κ1) is 23.4. The van der Waals surface area contributed by atoms with Crippen molar-refractivity contribution in [3.63, 3.8) is 0 Å². The first-order chi connectivity index (χ1) is 15.5. The average Bonchev–Trinajstić information content (AvgIpc) is 3.04. The summed E-state index contributed by atoms with van der Waals surface area (Å²) in [4.78, 5) is 25.2. The smallest absolute Gasteiger partial charge is 0.253 e. The molecule has 0 saturated carbocycles. The Morgan fingerprint density at radius 2 is 1.97 bits per heavy atom. The largest absolute Gasteiger partial charge is 0.375 e. The van der Waals surface area contributed by atoms with Gasteiger partial charge in [-0.2, -0.15) is 0 Å². The van der Waals surface area contributed by atoms with Gasteiger partial charge in [-0.15, -0.1) is 0 Å². The number of primary amides is 1. The minimum absolute atomic E-state index is 0.0243. The molecule has 0 aromatic carbocycles. The molecule has 0 aliphatic carbocycles. The molecule has 2 N–H and O–H groups in total. The molecule has 2 atom stereocenters. The van der Waals surface area contributed by atoms with Crippen LogP contribution in [-0.4, -0.2) is 62.2 Å². The Bertz CT molecular complexity index is 1170. The second-order valence-corrected chi connectivity index (χ2v) is 11.4. The highest BCUT2D eigenvalue weighted by atomic mass is 32.2. The van der Waals surface area contributed by atoms with E-state index in [1.54, 1.807) is 12.1 Å². The molecule has 0 radical (unpaired) electrons. The van der Waals surface area contributed by atoms with E-state index in [1.165, 1.54) is 18.3 Å². The second-order valence-electron chi connectivity index (χ2n) is 9.57. The number of amides is 1. The van der Waals surface area contributed by atoms with E-state index in [0.717, 1.165) is 6.42 Å². The maximum absolute atomic E-state index is 13.7. The van der Waals surface area contributed by atoms with E-state index in [4.69, 9.17) is 10.5 Å². The van der Waals surface area contributed by atoms with Crippen molar-refractivity contribution in [2.45, 2.75) is 55.7 Å². The minimum atomic E-state index is -4.13. The van der Waals surface area contributed by atoms with E-state index in [-0.39, 0.29) is 27.1 Å². The molecule has 178 valence electrons. The Hall–Kier alpha value is -2.72. The van der Waals surface area contributed by atoms with Crippen molar-refractivity contribution in [3.8, 4) is 0 Å². The van der Waals surface area contributed by atoms with Gasteiger partial charge in [0.1, 0.15) is 17.2 Å². The van der Waals surface area contributed by atoms with Gasteiger partial charge in [0.05, 0.1) is 17.6 Å². The van der Waals surface area contributed by atoms with Gasteiger partial charge in [0.15, 0.2) is 5.03 Å². The van der Waals surface area contributed by atoms with Crippen LogP contribution in [0.1, 0.15) is 44.5 Å². The molecule has 1 amide bonds. The summed E-state index contributed by atoms with van der Waals surface area (Å²) in [5.41, 5.74) is 5.35. The molecule has 2 unspecified atom stereocenters. The van der Waals surface area contributed by atoms with Crippen LogP contribution >= 0.6 is 0 Å². The highest BCUT2D eigenvalue weighted by Crippen LogP contribution is 2.39. The van der Waals surface area contributed by atoms with E-state index >= 15 is 0 Å². The minimum Gasteiger partial charge on any atom is -0.375 e. The number of nitrogens with two attached hydrogens (primary N) is 1. The lowest BCUT2D eigenvalue weighted by molar-refractivity contribution is 0.0529. The van der Waals surface area contributed by atoms with E-state index in [9.17, 15) is 13.2 Å². The normalized spacial score (nSPS) is 23.0. The Labute approximate surface area is 194 Å². The van der Waals surface area contributed by atoms with Crippen LogP contribution in [0.4, 0.5) is 11.6 Å². The van der Waals surface area contributed by atoms with Gasteiger partial charge < -0.3 is 20.3 Å². The number of aromatic nitrogens is 2. The Morgan fingerprint density at radius 1 is 1.21 bits per heavy atom. The maximum Gasteiger partial charge on any atom is 0.253 e. The van der Waals surface area contributed by atoms with Crippen molar-refractivity contribution >= 4 is 27.4 Å². The Kier molecular flexibility index (Phi) is 6.09. The molecule has 9 nitrogen and oxygen atoms in total. The van der Waals surface area contributed by atoms with Gasteiger partial charge in [0.2, 0.25) is 9.84 Å². The second kappa shape index (κ2) is 8.57. The van der Waals surface area contributed by atoms with Crippen LogP contribution in [0.2, 0.25) is 0 Å². The van der Waals surface area contributed by atoms with Crippen LogP contribution < -0.4 is 15.5 Å². The number of sulfone groups is 1. The zero-order valence-corrected chi connectivity index (χ0v) is 20.3. The first-order valence-corrected chi connectivity index (χ1v) is 12.6. The molecule has 33 heavy (non-hydrogen) atoms.